The molecule has 1 saturated heterocycles. The molecule has 0 spiro atoms. The summed E-state index contributed by atoms with van der Waals surface area (Å²) < 4.78 is 31.8. The van der Waals surface area contributed by atoms with Crippen LogP contribution in [0.5, 0.6) is 0 Å². The number of hydrogen-bond donors (Lipinski definition) is 1. The van der Waals surface area contributed by atoms with E-state index in [4.69, 9.17) is 4.74 Å². The second kappa shape index (κ2) is 8.49. The first-order valence-corrected chi connectivity index (χ1v) is 11.3. The second-order valence-corrected chi connectivity index (χ2v) is 9.88. The Bertz CT molecular complexity index is 718. The molecular weight excluding hydrogens is 376 g/mol. The average molecular weight is 401 g/mol. The summed E-state index contributed by atoms with van der Waals surface area (Å²) in [6.07, 6.45) is 5.03. The molecule has 1 saturated carbocycles. The first-order valence-electron chi connectivity index (χ1n) is 8.96. The molecule has 0 aromatic carbocycles. The molecule has 1 aromatic heterocycles. The van der Waals surface area contributed by atoms with Crippen molar-refractivity contribution in [1.82, 2.24) is 9.62 Å². The zero-order chi connectivity index (χ0) is 18.6. The monoisotopic (exact) mass is 400 g/mol. The second-order valence-electron chi connectivity index (χ2n) is 6.77. The maximum absolute atomic E-state index is 12.5. The first-order chi connectivity index (χ1) is 12.5. The molecule has 0 radical (unpaired) electrons. The van der Waals surface area contributed by atoms with Crippen molar-refractivity contribution >= 4 is 33.2 Å². The maximum atomic E-state index is 12.5. The summed E-state index contributed by atoms with van der Waals surface area (Å²) in [7, 11) is -3.47. The molecule has 0 unspecified atom stereocenters. The Kier molecular flexibility index (Phi) is 6.31. The number of thiophene rings is 1. The lowest BCUT2D eigenvalue weighted by Crippen LogP contribution is -2.41. The lowest BCUT2D eigenvalue weighted by Gasteiger charge is -2.29. The van der Waals surface area contributed by atoms with Crippen LogP contribution in [0.25, 0.3) is 0 Å². The Morgan fingerprint density at radius 2 is 1.88 bits per heavy atom. The predicted octanol–water partition coefficient (Wildman–Crippen LogP) is 1.75. The van der Waals surface area contributed by atoms with E-state index in [2.05, 4.69) is 5.32 Å². The summed E-state index contributed by atoms with van der Waals surface area (Å²) in [5.74, 6) is -1.04. The topological polar surface area (TPSA) is 92.8 Å². The van der Waals surface area contributed by atoms with Gasteiger partial charge in [-0.3, -0.25) is 9.59 Å². The molecule has 3 rings (SSSR count). The molecular formula is C17H24N2O5S2. The zero-order valence-corrected chi connectivity index (χ0v) is 16.2. The summed E-state index contributed by atoms with van der Waals surface area (Å²) in [5.41, 5.74) is 0. The smallest absolute Gasteiger partial charge is 0.309 e. The van der Waals surface area contributed by atoms with Crippen LogP contribution in [0.2, 0.25) is 0 Å². The number of nitrogens with zero attached hydrogens (tertiary/aromatic N) is 1. The van der Waals surface area contributed by atoms with Crippen LogP contribution in [0.4, 0.5) is 0 Å². The van der Waals surface area contributed by atoms with Gasteiger partial charge in [-0.1, -0.05) is 18.9 Å². The molecule has 1 aliphatic heterocycles. The third-order valence-electron chi connectivity index (χ3n) is 4.94. The highest BCUT2D eigenvalue weighted by molar-refractivity contribution is 7.91. The average Bonchev–Trinajstić information content (AvgIpc) is 3.34. The van der Waals surface area contributed by atoms with Crippen LogP contribution in [0.1, 0.15) is 38.5 Å². The highest BCUT2D eigenvalue weighted by Crippen LogP contribution is 2.26. The summed E-state index contributed by atoms with van der Waals surface area (Å²) in [6.45, 7) is 0.311. The van der Waals surface area contributed by atoms with E-state index >= 15 is 0 Å². The van der Waals surface area contributed by atoms with Crippen molar-refractivity contribution in [2.75, 3.05) is 19.7 Å². The van der Waals surface area contributed by atoms with Gasteiger partial charge >= 0.3 is 5.97 Å². The van der Waals surface area contributed by atoms with Gasteiger partial charge in [0, 0.05) is 19.1 Å². The van der Waals surface area contributed by atoms with E-state index < -0.39 is 16.0 Å². The minimum absolute atomic E-state index is 0.201. The van der Waals surface area contributed by atoms with Gasteiger partial charge in [-0.2, -0.15) is 4.31 Å². The van der Waals surface area contributed by atoms with Gasteiger partial charge in [0.15, 0.2) is 6.61 Å². The van der Waals surface area contributed by atoms with Crippen LogP contribution < -0.4 is 5.32 Å². The molecule has 2 aliphatic rings. The summed E-state index contributed by atoms with van der Waals surface area (Å²) in [5, 5.41) is 4.61. The van der Waals surface area contributed by atoms with E-state index in [1.165, 1.54) is 15.6 Å². The number of carbonyl (C=O) groups excluding carboxylic acids is 2. The number of amides is 1. The minimum atomic E-state index is -3.47. The summed E-state index contributed by atoms with van der Waals surface area (Å²) in [6, 6.07) is 3.49. The quantitative estimate of drug-likeness (QED) is 0.735. The Hall–Kier alpha value is -1.45. The molecule has 0 atom stereocenters. The lowest BCUT2D eigenvalue weighted by atomic mass is 9.98. The largest absolute Gasteiger partial charge is 0.455 e. The van der Waals surface area contributed by atoms with Gasteiger partial charge in [0.2, 0.25) is 0 Å². The molecule has 144 valence electrons. The highest BCUT2D eigenvalue weighted by atomic mass is 32.2. The van der Waals surface area contributed by atoms with Crippen LogP contribution >= 0.6 is 11.3 Å². The van der Waals surface area contributed by atoms with E-state index in [9.17, 15) is 18.0 Å². The number of hydrogen-bond acceptors (Lipinski definition) is 6. The maximum Gasteiger partial charge on any atom is 0.309 e. The molecule has 1 amide bonds. The van der Waals surface area contributed by atoms with Gasteiger partial charge in [-0.15, -0.1) is 11.3 Å². The van der Waals surface area contributed by atoms with E-state index in [1.54, 1.807) is 17.5 Å². The molecule has 1 N–H and O–H groups in total. The molecule has 26 heavy (non-hydrogen) atoms. The predicted molar refractivity (Wildman–Crippen MR) is 97.2 cm³/mol. The van der Waals surface area contributed by atoms with Crippen LogP contribution in [-0.4, -0.2) is 50.3 Å². The minimum Gasteiger partial charge on any atom is -0.455 e. The van der Waals surface area contributed by atoms with E-state index in [0.717, 1.165) is 25.7 Å². The van der Waals surface area contributed by atoms with Gasteiger partial charge in [-0.05, 0) is 37.1 Å². The fourth-order valence-corrected chi connectivity index (χ4v) is 6.08. The molecule has 2 heterocycles. The normalized spacial score (nSPS) is 20.2. The van der Waals surface area contributed by atoms with Crippen LogP contribution in [-0.2, 0) is 24.3 Å². The Labute approximate surface area is 157 Å². The SMILES string of the molecule is O=C(COC(=O)C1CCN(S(=O)(=O)c2cccs2)CC1)NC1CCCC1. The van der Waals surface area contributed by atoms with Crippen molar-refractivity contribution in [3.8, 4) is 0 Å². The third kappa shape index (κ3) is 4.63. The third-order valence-corrected chi connectivity index (χ3v) is 8.21. The van der Waals surface area contributed by atoms with Crippen molar-refractivity contribution in [3.63, 3.8) is 0 Å². The Morgan fingerprint density at radius 3 is 2.50 bits per heavy atom. The van der Waals surface area contributed by atoms with Crippen molar-refractivity contribution in [3.05, 3.63) is 17.5 Å². The fraction of sp³-hybridized carbons (Fsp3) is 0.647. The lowest BCUT2D eigenvalue weighted by molar-refractivity contribution is -0.153. The van der Waals surface area contributed by atoms with Crippen molar-refractivity contribution < 1.29 is 22.7 Å². The van der Waals surface area contributed by atoms with Gasteiger partial charge < -0.3 is 10.1 Å². The summed E-state index contributed by atoms with van der Waals surface area (Å²) >= 11 is 1.19. The van der Waals surface area contributed by atoms with Gasteiger partial charge in [0.25, 0.3) is 15.9 Å². The van der Waals surface area contributed by atoms with Crippen molar-refractivity contribution in [2.45, 2.75) is 48.8 Å². The van der Waals surface area contributed by atoms with Crippen molar-refractivity contribution in [2.24, 2.45) is 5.92 Å². The van der Waals surface area contributed by atoms with Gasteiger partial charge in [0.1, 0.15) is 4.21 Å². The number of rotatable bonds is 6. The molecule has 7 nitrogen and oxygen atoms in total. The molecule has 2 fully saturated rings. The fourth-order valence-electron chi connectivity index (χ4n) is 3.46. The highest BCUT2D eigenvalue weighted by Gasteiger charge is 2.33. The van der Waals surface area contributed by atoms with Gasteiger partial charge in [0.05, 0.1) is 5.92 Å². The van der Waals surface area contributed by atoms with Crippen LogP contribution in [0.3, 0.4) is 0 Å². The number of sulfonamides is 1. The number of nitrogens with one attached hydrogen (secondary N) is 1. The molecule has 1 aliphatic carbocycles. The number of piperidine rings is 1. The Balaban J connectivity index is 1.42. The van der Waals surface area contributed by atoms with E-state index in [0.29, 0.717) is 17.1 Å². The van der Waals surface area contributed by atoms with Crippen LogP contribution in [0.15, 0.2) is 21.7 Å². The summed E-state index contributed by atoms with van der Waals surface area (Å²) in [4.78, 5) is 24.0. The number of carbonyl (C=O) groups is 2. The first kappa shape index (κ1) is 19.3. The Morgan fingerprint density at radius 1 is 1.19 bits per heavy atom. The molecule has 1 aromatic rings. The van der Waals surface area contributed by atoms with Gasteiger partial charge in [-0.25, -0.2) is 8.42 Å². The molecule has 9 heteroatoms. The number of ether oxygens (including phenoxy) is 1. The van der Waals surface area contributed by atoms with E-state index in [-0.39, 0.29) is 37.6 Å². The standard InChI is InChI=1S/C17H24N2O5S2/c20-15(18-14-4-1-2-5-14)12-24-17(21)13-7-9-19(10-8-13)26(22,23)16-6-3-11-25-16/h3,6,11,13-14H,1-2,4-5,7-10,12H2,(H,18,20). The van der Waals surface area contributed by atoms with Crippen molar-refractivity contribution in [1.29, 1.82) is 0 Å². The molecule has 0 bridgehead atoms. The zero-order valence-electron chi connectivity index (χ0n) is 14.6. The van der Waals surface area contributed by atoms with Crippen LogP contribution in [0, 0.1) is 5.92 Å². The van der Waals surface area contributed by atoms with E-state index in [1.807, 2.05) is 0 Å². The number of esters is 1.